The molecule has 2 aliphatic rings. The lowest BCUT2D eigenvalue weighted by Crippen LogP contribution is -2.37. The van der Waals surface area contributed by atoms with Crippen LogP contribution < -0.4 is 5.32 Å². The number of aryl methyl sites for hydroxylation is 1. The smallest absolute Gasteiger partial charge is 0.0348 e. The molecule has 1 aliphatic carbocycles. The number of fused-ring (bicyclic) bond motifs is 1. The summed E-state index contributed by atoms with van der Waals surface area (Å²) < 4.78 is 0. The van der Waals surface area contributed by atoms with Gasteiger partial charge in [-0.1, -0.05) is 30.7 Å². The van der Waals surface area contributed by atoms with Crippen LogP contribution >= 0.6 is 0 Å². The maximum atomic E-state index is 3.62. The van der Waals surface area contributed by atoms with Gasteiger partial charge in [-0.25, -0.2) is 0 Å². The van der Waals surface area contributed by atoms with Crippen molar-refractivity contribution < 1.29 is 0 Å². The Labute approximate surface area is 117 Å². The van der Waals surface area contributed by atoms with Crippen molar-refractivity contribution in [3.8, 4) is 0 Å². The zero-order valence-corrected chi connectivity index (χ0v) is 12.1. The van der Waals surface area contributed by atoms with E-state index in [4.69, 9.17) is 0 Å². The van der Waals surface area contributed by atoms with Gasteiger partial charge in [0, 0.05) is 18.6 Å². The molecular weight excluding hydrogens is 232 g/mol. The van der Waals surface area contributed by atoms with Crippen molar-refractivity contribution in [2.24, 2.45) is 0 Å². The number of nitrogens with zero attached hydrogens (tertiary/aromatic N) is 1. The minimum atomic E-state index is 0.626. The molecular formula is C17H26N2. The molecule has 2 unspecified atom stereocenters. The lowest BCUT2D eigenvalue weighted by molar-refractivity contribution is 0.212. The first-order valence-corrected chi connectivity index (χ1v) is 7.86. The first-order chi connectivity index (χ1) is 9.34. The highest BCUT2D eigenvalue weighted by Gasteiger charge is 2.24. The van der Waals surface area contributed by atoms with E-state index >= 15 is 0 Å². The zero-order valence-electron chi connectivity index (χ0n) is 12.1. The molecule has 0 radical (unpaired) electrons. The highest BCUT2D eigenvalue weighted by Crippen LogP contribution is 2.32. The van der Waals surface area contributed by atoms with Crippen LogP contribution in [0.25, 0.3) is 0 Å². The monoisotopic (exact) mass is 258 g/mol. The van der Waals surface area contributed by atoms with E-state index in [1.165, 1.54) is 51.6 Å². The molecule has 2 heteroatoms. The van der Waals surface area contributed by atoms with Gasteiger partial charge in [-0.3, -0.25) is 4.90 Å². The normalized spacial score (nSPS) is 27.3. The average Bonchev–Trinajstić information content (AvgIpc) is 2.83. The van der Waals surface area contributed by atoms with Crippen LogP contribution in [0.5, 0.6) is 0 Å². The van der Waals surface area contributed by atoms with Crippen molar-refractivity contribution >= 4 is 0 Å². The SMILES string of the molecule is CN(CC1CCCN1)C1CCCCc2ccccc21. The number of hydrogen-bond donors (Lipinski definition) is 1. The van der Waals surface area contributed by atoms with Crippen molar-refractivity contribution in [3.05, 3.63) is 35.4 Å². The van der Waals surface area contributed by atoms with Gasteiger partial charge in [0.2, 0.25) is 0 Å². The van der Waals surface area contributed by atoms with Gasteiger partial charge in [-0.2, -0.15) is 0 Å². The summed E-state index contributed by atoms with van der Waals surface area (Å²) in [6.45, 7) is 2.40. The fourth-order valence-electron chi connectivity index (χ4n) is 3.74. The van der Waals surface area contributed by atoms with Crippen molar-refractivity contribution in [1.82, 2.24) is 10.2 Å². The lowest BCUT2D eigenvalue weighted by atomic mass is 9.97. The highest BCUT2D eigenvalue weighted by molar-refractivity contribution is 5.31. The molecule has 0 aromatic heterocycles. The number of likely N-dealkylation sites (N-methyl/N-ethyl adjacent to an activating group) is 1. The highest BCUT2D eigenvalue weighted by atomic mass is 15.2. The molecule has 19 heavy (non-hydrogen) atoms. The topological polar surface area (TPSA) is 15.3 Å². The second-order valence-electron chi connectivity index (χ2n) is 6.19. The van der Waals surface area contributed by atoms with E-state index in [1.807, 2.05) is 0 Å². The number of rotatable bonds is 3. The van der Waals surface area contributed by atoms with Gasteiger partial charge in [-0.15, -0.1) is 0 Å². The van der Waals surface area contributed by atoms with E-state index < -0.39 is 0 Å². The van der Waals surface area contributed by atoms with E-state index in [0.29, 0.717) is 12.1 Å². The second-order valence-corrected chi connectivity index (χ2v) is 6.19. The summed E-state index contributed by atoms with van der Waals surface area (Å²) >= 11 is 0. The van der Waals surface area contributed by atoms with Gasteiger partial charge < -0.3 is 5.32 Å². The summed E-state index contributed by atoms with van der Waals surface area (Å²) in [4.78, 5) is 2.59. The fourth-order valence-corrected chi connectivity index (χ4v) is 3.74. The van der Waals surface area contributed by atoms with Crippen LogP contribution in [0.3, 0.4) is 0 Å². The summed E-state index contributed by atoms with van der Waals surface area (Å²) in [5.74, 6) is 0. The van der Waals surface area contributed by atoms with Crippen LogP contribution in [-0.4, -0.2) is 31.1 Å². The van der Waals surface area contributed by atoms with E-state index in [0.717, 1.165) is 0 Å². The van der Waals surface area contributed by atoms with Crippen LogP contribution in [0.4, 0.5) is 0 Å². The Bertz CT molecular complexity index is 409. The van der Waals surface area contributed by atoms with Crippen LogP contribution in [0, 0.1) is 0 Å². The zero-order chi connectivity index (χ0) is 13.1. The summed E-state index contributed by atoms with van der Waals surface area (Å²) in [5, 5.41) is 3.62. The van der Waals surface area contributed by atoms with Gasteiger partial charge >= 0.3 is 0 Å². The molecule has 1 aliphatic heterocycles. The number of nitrogens with one attached hydrogen (secondary N) is 1. The fraction of sp³-hybridized carbons (Fsp3) is 0.647. The molecule has 1 fully saturated rings. The van der Waals surface area contributed by atoms with E-state index in [9.17, 15) is 0 Å². The number of benzene rings is 1. The van der Waals surface area contributed by atoms with Crippen LogP contribution in [0.15, 0.2) is 24.3 Å². The van der Waals surface area contributed by atoms with Crippen LogP contribution in [0.1, 0.15) is 49.3 Å². The lowest BCUT2D eigenvalue weighted by Gasteiger charge is -2.31. The van der Waals surface area contributed by atoms with Crippen LogP contribution in [-0.2, 0) is 6.42 Å². The van der Waals surface area contributed by atoms with E-state index in [2.05, 4.69) is 41.5 Å². The molecule has 1 aromatic rings. The Morgan fingerprint density at radius 1 is 1.16 bits per heavy atom. The van der Waals surface area contributed by atoms with Crippen LogP contribution in [0.2, 0.25) is 0 Å². The van der Waals surface area contributed by atoms with Gasteiger partial charge in [0.05, 0.1) is 0 Å². The maximum absolute atomic E-state index is 3.62. The Morgan fingerprint density at radius 2 is 2.05 bits per heavy atom. The van der Waals surface area contributed by atoms with Crippen molar-refractivity contribution in [3.63, 3.8) is 0 Å². The van der Waals surface area contributed by atoms with Crippen molar-refractivity contribution in [2.75, 3.05) is 20.1 Å². The maximum Gasteiger partial charge on any atom is 0.0348 e. The van der Waals surface area contributed by atoms with E-state index in [1.54, 1.807) is 11.1 Å². The number of hydrogen-bond acceptors (Lipinski definition) is 2. The molecule has 1 N–H and O–H groups in total. The third kappa shape index (κ3) is 3.01. The molecule has 1 aromatic carbocycles. The summed E-state index contributed by atoms with van der Waals surface area (Å²) in [6, 6.07) is 10.4. The molecule has 0 amide bonds. The molecule has 0 spiro atoms. The Hall–Kier alpha value is -0.860. The molecule has 0 saturated carbocycles. The average molecular weight is 258 g/mol. The quantitative estimate of drug-likeness (QED) is 0.838. The standard InChI is InChI=1S/C17H26N2/c1-19(13-15-9-6-12-18-15)17-11-5-3-8-14-7-2-4-10-16(14)17/h2,4,7,10,15,17-18H,3,5-6,8-9,11-13H2,1H3. The molecule has 1 saturated heterocycles. The predicted molar refractivity (Wildman–Crippen MR) is 80.4 cm³/mol. The third-order valence-corrected chi connectivity index (χ3v) is 4.79. The largest absolute Gasteiger partial charge is 0.313 e. The van der Waals surface area contributed by atoms with E-state index in [-0.39, 0.29) is 0 Å². The second kappa shape index (κ2) is 6.06. The minimum Gasteiger partial charge on any atom is -0.313 e. The van der Waals surface area contributed by atoms with Gasteiger partial charge in [0.25, 0.3) is 0 Å². The van der Waals surface area contributed by atoms with Gasteiger partial charge in [0.15, 0.2) is 0 Å². The Balaban J connectivity index is 1.75. The molecule has 0 bridgehead atoms. The van der Waals surface area contributed by atoms with Gasteiger partial charge in [0.1, 0.15) is 0 Å². The molecule has 104 valence electrons. The van der Waals surface area contributed by atoms with Crippen molar-refractivity contribution in [1.29, 1.82) is 0 Å². The van der Waals surface area contributed by atoms with Gasteiger partial charge in [-0.05, 0) is 56.8 Å². The first-order valence-electron chi connectivity index (χ1n) is 7.86. The summed E-state index contributed by atoms with van der Waals surface area (Å²) in [6.07, 6.45) is 7.99. The summed E-state index contributed by atoms with van der Waals surface area (Å²) in [5.41, 5.74) is 3.16. The molecule has 3 rings (SSSR count). The third-order valence-electron chi connectivity index (χ3n) is 4.79. The minimum absolute atomic E-state index is 0.626. The molecule has 1 heterocycles. The Kier molecular flexibility index (Phi) is 4.19. The predicted octanol–water partition coefficient (Wildman–Crippen LogP) is 3.14. The Morgan fingerprint density at radius 3 is 2.89 bits per heavy atom. The summed E-state index contributed by atoms with van der Waals surface area (Å²) in [7, 11) is 2.31. The van der Waals surface area contributed by atoms with Crippen molar-refractivity contribution in [2.45, 2.75) is 50.6 Å². The molecule has 2 nitrogen and oxygen atoms in total. The first kappa shape index (κ1) is 13.1. The molecule has 2 atom stereocenters.